The normalized spacial score (nSPS) is 18.6. The summed E-state index contributed by atoms with van der Waals surface area (Å²) in [5, 5.41) is 2.67. The number of rotatable bonds is 6. The smallest absolute Gasteiger partial charge is 0.274 e. The van der Waals surface area contributed by atoms with Gasteiger partial charge in [0.1, 0.15) is 12.2 Å². The molecule has 7 heteroatoms. The molecule has 7 nitrogen and oxygen atoms in total. The van der Waals surface area contributed by atoms with E-state index < -0.39 is 0 Å². The van der Waals surface area contributed by atoms with Gasteiger partial charge in [-0.3, -0.25) is 19.3 Å². The number of piperazine rings is 1. The van der Waals surface area contributed by atoms with E-state index in [9.17, 15) is 14.4 Å². The Hall–Kier alpha value is -2.15. The average molecular weight is 403 g/mol. The fourth-order valence-corrected chi connectivity index (χ4v) is 4.42. The van der Waals surface area contributed by atoms with Crippen LogP contribution in [0.1, 0.15) is 57.6 Å². The number of amides is 2. The van der Waals surface area contributed by atoms with Crippen molar-refractivity contribution in [3.05, 3.63) is 28.2 Å². The number of carbonyl (C=O) groups is 2. The summed E-state index contributed by atoms with van der Waals surface area (Å²) in [5.74, 6) is -0.208. The van der Waals surface area contributed by atoms with Crippen molar-refractivity contribution in [2.75, 3.05) is 31.5 Å². The Morgan fingerprint density at radius 3 is 2.41 bits per heavy atom. The Kier molecular flexibility index (Phi) is 7.47. The van der Waals surface area contributed by atoms with Crippen molar-refractivity contribution < 1.29 is 9.59 Å². The topological polar surface area (TPSA) is 74.7 Å². The van der Waals surface area contributed by atoms with Crippen molar-refractivity contribution in [2.24, 2.45) is 0 Å². The lowest BCUT2D eigenvalue weighted by atomic mass is 9.94. The van der Waals surface area contributed by atoms with Crippen LogP contribution in [0.4, 0.5) is 5.69 Å². The maximum Gasteiger partial charge on any atom is 0.274 e. The van der Waals surface area contributed by atoms with E-state index in [1.165, 1.54) is 36.7 Å². The van der Waals surface area contributed by atoms with E-state index in [4.69, 9.17) is 0 Å². The summed E-state index contributed by atoms with van der Waals surface area (Å²) in [4.78, 5) is 41.9. The van der Waals surface area contributed by atoms with E-state index in [1.54, 1.807) is 12.1 Å². The molecule has 1 aliphatic carbocycles. The van der Waals surface area contributed by atoms with E-state index in [0.29, 0.717) is 12.5 Å². The molecule has 0 aromatic carbocycles. The van der Waals surface area contributed by atoms with Gasteiger partial charge in [-0.15, -0.1) is 0 Å². The van der Waals surface area contributed by atoms with Crippen molar-refractivity contribution in [3.63, 3.8) is 0 Å². The van der Waals surface area contributed by atoms with Crippen molar-refractivity contribution in [1.29, 1.82) is 0 Å². The summed E-state index contributed by atoms with van der Waals surface area (Å²) in [5.41, 5.74) is 0.644. The standard InChI is InChI=1S/C22H34N4O3/c1-3-7-20(27)23-19-11-10-17(2)26(22(19)29)16-21(28)25-14-12-24(13-15-25)18-8-5-4-6-9-18/h10-11,18H,3-9,12-16H2,1-2H3,(H,23,27). The number of nitrogens with one attached hydrogen (secondary N) is 1. The number of pyridine rings is 1. The Morgan fingerprint density at radius 2 is 1.76 bits per heavy atom. The van der Waals surface area contributed by atoms with Gasteiger partial charge in [-0.2, -0.15) is 0 Å². The van der Waals surface area contributed by atoms with Crippen molar-refractivity contribution in [2.45, 2.75) is 71.4 Å². The van der Waals surface area contributed by atoms with Crippen LogP contribution in [-0.2, 0) is 16.1 Å². The third-order valence-corrected chi connectivity index (χ3v) is 6.20. The van der Waals surface area contributed by atoms with E-state index >= 15 is 0 Å². The summed E-state index contributed by atoms with van der Waals surface area (Å²) in [7, 11) is 0. The van der Waals surface area contributed by atoms with E-state index in [1.807, 2.05) is 18.7 Å². The maximum atomic E-state index is 12.9. The van der Waals surface area contributed by atoms with Crippen molar-refractivity contribution >= 4 is 17.5 Å². The molecule has 0 atom stereocenters. The van der Waals surface area contributed by atoms with Crippen LogP contribution < -0.4 is 10.9 Å². The second-order valence-corrected chi connectivity index (χ2v) is 8.29. The molecule has 2 fully saturated rings. The second kappa shape index (κ2) is 10.1. The zero-order valence-electron chi connectivity index (χ0n) is 17.8. The lowest BCUT2D eigenvalue weighted by molar-refractivity contribution is -0.134. The van der Waals surface area contributed by atoms with Crippen molar-refractivity contribution in [3.8, 4) is 0 Å². The van der Waals surface area contributed by atoms with E-state index in [0.717, 1.165) is 38.3 Å². The Labute approximate surface area is 173 Å². The predicted molar refractivity (Wildman–Crippen MR) is 114 cm³/mol. The number of carbonyl (C=O) groups excluding carboxylic acids is 2. The Balaban J connectivity index is 1.60. The molecule has 1 aromatic heterocycles. The first kappa shape index (κ1) is 21.6. The lowest BCUT2D eigenvalue weighted by Gasteiger charge is -2.40. The molecule has 2 heterocycles. The quantitative estimate of drug-likeness (QED) is 0.793. The number of aryl methyl sites for hydroxylation is 1. The minimum absolute atomic E-state index is 0.0194. The second-order valence-electron chi connectivity index (χ2n) is 8.29. The highest BCUT2D eigenvalue weighted by Crippen LogP contribution is 2.23. The number of aromatic nitrogens is 1. The van der Waals surface area contributed by atoms with Crippen LogP contribution >= 0.6 is 0 Å². The first-order chi connectivity index (χ1) is 14.0. The molecule has 1 aliphatic heterocycles. The fraction of sp³-hybridized carbons (Fsp3) is 0.682. The van der Waals surface area contributed by atoms with Gasteiger partial charge in [-0.05, 0) is 38.3 Å². The van der Waals surface area contributed by atoms with Gasteiger partial charge in [-0.1, -0.05) is 26.2 Å². The third-order valence-electron chi connectivity index (χ3n) is 6.20. The van der Waals surface area contributed by atoms with Crippen LogP contribution in [0.15, 0.2) is 16.9 Å². The molecule has 1 aromatic rings. The minimum atomic E-state index is -0.316. The van der Waals surface area contributed by atoms with Crippen LogP contribution in [0.3, 0.4) is 0 Å². The molecule has 1 saturated carbocycles. The van der Waals surface area contributed by atoms with Gasteiger partial charge in [0.15, 0.2) is 0 Å². The molecule has 0 bridgehead atoms. The van der Waals surface area contributed by atoms with Crippen LogP contribution in [-0.4, -0.2) is 58.4 Å². The first-order valence-corrected chi connectivity index (χ1v) is 11.0. The van der Waals surface area contributed by atoms with Gasteiger partial charge >= 0.3 is 0 Å². The SMILES string of the molecule is CCCC(=O)Nc1ccc(C)n(CC(=O)N2CCN(C3CCCCC3)CC2)c1=O. The lowest BCUT2D eigenvalue weighted by Crippen LogP contribution is -2.53. The highest BCUT2D eigenvalue weighted by Gasteiger charge is 2.27. The van der Waals surface area contributed by atoms with E-state index in [-0.39, 0.29) is 29.6 Å². The molecule has 0 radical (unpaired) electrons. The minimum Gasteiger partial charge on any atom is -0.339 e. The molecular formula is C22H34N4O3. The molecule has 0 spiro atoms. The summed E-state index contributed by atoms with van der Waals surface area (Å²) in [6.07, 6.45) is 7.63. The largest absolute Gasteiger partial charge is 0.339 e. The van der Waals surface area contributed by atoms with Crippen molar-refractivity contribution in [1.82, 2.24) is 14.4 Å². The van der Waals surface area contributed by atoms with Gasteiger partial charge < -0.3 is 14.8 Å². The maximum absolute atomic E-state index is 12.9. The molecule has 1 N–H and O–H groups in total. The highest BCUT2D eigenvalue weighted by atomic mass is 16.2. The molecule has 3 rings (SSSR count). The van der Waals surface area contributed by atoms with Crippen LogP contribution in [0.25, 0.3) is 0 Å². The molecule has 0 unspecified atom stereocenters. The molecule has 160 valence electrons. The van der Waals surface area contributed by atoms with Gasteiger partial charge in [0.05, 0.1) is 0 Å². The van der Waals surface area contributed by atoms with Crippen LogP contribution in [0.2, 0.25) is 0 Å². The molecule has 2 amide bonds. The predicted octanol–water partition coefficient (Wildman–Crippen LogP) is 2.37. The molecule has 1 saturated heterocycles. The number of hydrogen-bond donors (Lipinski definition) is 1. The summed E-state index contributed by atoms with van der Waals surface area (Å²) < 4.78 is 1.47. The summed E-state index contributed by atoms with van der Waals surface area (Å²) in [6.45, 7) is 7.01. The monoisotopic (exact) mass is 402 g/mol. The average Bonchev–Trinajstić information content (AvgIpc) is 2.74. The fourth-order valence-electron chi connectivity index (χ4n) is 4.42. The highest BCUT2D eigenvalue weighted by molar-refractivity contribution is 5.90. The van der Waals surface area contributed by atoms with Gasteiger partial charge in [-0.25, -0.2) is 0 Å². The molecule has 2 aliphatic rings. The first-order valence-electron chi connectivity index (χ1n) is 11.0. The number of anilines is 1. The zero-order chi connectivity index (χ0) is 20.8. The Bertz CT molecular complexity index is 775. The van der Waals surface area contributed by atoms with Crippen LogP contribution in [0, 0.1) is 6.92 Å². The third kappa shape index (κ3) is 5.47. The van der Waals surface area contributed by atoms with Gasteiger partial charge in [0.2, 0.25) is 11.8 Å². The summed E-state index contributed by atoms with van der Waals surface area (Å²) >= 11 is 0. The van der Waals surface area contributed by atoms with Gasteiger partial charge in [0, 0.05) is 44.3 Å². The number of hydrogen-bond acceptors (Lipinski definition) is 4. The Morgan fingerprint density at radius 1 is 1.07 bits per heavy atom. The van der Waals surface area contributed by atoms with Crippen LogP contribution in [0.5, 0.6) is 0 Å². The van der Waals surface area contributed by atoms with Gasteiger partial charge in [0.25, 0.3) is 5.56 Å². The van der Waals surface area contributed by atoms with E-state index in [2.05, 4.69) is 10.2 Å². The molecule has 29 heavy (non-hydrogen) atoms. The zero-order valence-corrected chi connectivity index (χ0v) is 17.8. The number of nitrogens with zero attached hydrogens (tertiary/aromatic N) is 3. The summed E-state index contributed by atoms with van der Waals surface area (Å²) in [6, 6.07) is 4.07. The molecular weight excluding hydrogens is 368 g/mol.